The number of fused-ring (bicyclic) bond motifs is 1. The third kappa shape index (κ3) is 2.36. The third-order valence-corrected chi connectivity index (χ3v) is 3.00. The van der Waals surface area contributed by atoms with E-state index < -0.39 is 5.97 Å². The fourth-order valence-electron chi connectivity index (χ4n) is 2.03. The molecule has 0 aliphatic carbocycles. The van der Waals surface area contributed by atoms with Gasteiger partial charge in [-0.05, 0) is 32.4 Å². The average Bonchev–Trinajstić information content (AvgIpc) is 2.38. The maximum atomic E-state index is 12.2. The van der Waals surface area contributed by atoms with E-state index in [-0.39, 0.29) is 5.56 Å². The van der Waals surface area contributed by atoms with Gasteiger partial charge in [-0.2, -0.15) is 0 Å². The van der Waals surface area contributed by atoms with E-state index in [1.807, 2.05) is 6.92 Å². The molecule has 0 atom stereocenters. The van der Waals surface area contributed by atoms with Crippen LogP contribution in [0.2, 0.25) is 0 Å². The van der Waals surface area contributed by atoms with Crippen LogP contribution in [0.15, 0.2) is 23.1 Å². The van der Waals surface area contributed by atoms with Crippen LogP contribution in [0.25, 0.3) is 5.65 Å². The van der Waals surface area contributed by atoms with Gasteiger partial charge in [0.2, 0.25) is 0 Å². The Labute approximate surface area is 110 Å². The molecule has 0 unspecified atom stereocenters. The van der Waals surface area contributed by atoms with Crippen molar-refractivity contribution in [2.45, 2.75) is 27.2 Å². The predicted molar refractivity (Wildman–Crippen MR) is 71.5 cm³/mol. The summed E-state index contributed by atoms with van der Waals surface area (Å²) in [7, 11) is 0. The number of nitrogens with zero attached hydrogens (tertiary/aromatic N) is 2. The van der Waals surface area contributed by atoms with Gasteiger partial charge in [-0.1, -0.05) is 6.92 Å². The fourth-order valence-corrected chi connectivity index (χ4v) is 2.03. The first-order valence-corrected chi connectivity index (χ1v) is 6.27. The minimum atomic E-state index is -0.406. The third-order valence-electron chi connectivity index (χ3n) is 3.00. The Morgan fingerprint density at radius 2 is 2.16 bits per heavy atom. The number of aromatic nitrogens is 2. The van der Waals surface area contributed by atoms with Crippen molar-refractivity contribution in [1.29, 1.82) is 0 Å². The molecule has 0 aromatic carbocycles. The van der Waals surface area contributed by atoms with Crippen LogP contribution >= 0.6 is 0 Å². The zero-order chi connectivity index (χ0) is 14.0. The van der Waals surface area contributed by atoms with Crippen molar-refractivity contribution < 1.29 is 9.53 Å². The minimum absolute atomic E-state index is 0.0830. The van der Waals surface area contributed by atoms with E-state index in [0.29, 0.717) is 35.5 Å². The summed E-state index contributed by atoms with van der Waals surface area (Å²) in [6.07, 6.45) is 2.20. The lowest BCUT2D eigenvalue weighted by Gasteiger charge is -2.07. The Balaban J connectivity index is 2.62. The highest BCUT2D eigenvalue weighted by Gasteiger charge is 2.11. The van der Waals surface area contributed by atoms with Crippen LogP contribution < -0.4 is 5.56 Å². The van der Waals surface area contributed by atoms with Gasteiger partial charge in [-0.25, -0.2) is 9.78 Å². The Morgan fingerprint density at radius 3 is 2.79 bits per heavy atom. The van der Waals surface area contributed by atoms with Crippen LogP contribution in [-0.4, -0.2) is 22.0 Å². The van der Waals surface area contributed by atoms with E-state index in [1.165, 1.54) is 4.40 Å². The van der Waals surface area contributed by atoms with Crippen molar-refractivity contribution in [3.63, 3.8) is 0 Å². The molecule has 0 aliphatic heterocycles. The van der Waals surface area contributed by atoms with E-state index in [1.54, 1.807) is 32.2 Å². The Morgan fingerprint density at radius 1 is 1.42 bits per heavy atom. The van der Waals surface area contributed by atoms with Crippen LogP contribution in [0, 0.1) is 6.92 Å². The van der Waals surface area contributed by atoms with Crippen LogP contribution in [0.1, 0.15) is 35.5 Å². The van der Waals surface area contributed by atoms with Gasteiger partial charge in [0, 0.05) is 17.5 Å². The molecule has 0 aliphatic rings. The lowest BCUT2D eigenvalue weighted by Crippen LogP contribution is -2.21. The zero-order valence-electron chi connectivity index (χ0n) is 11.3. The van der Waals surface area contributed by atoms with Crippen molar-refractivity contribution in [3.05, 3.63) is 45.5 Å². The van der Waals surface area contributed by atoms with Gasteiger partial charge in [0.05, 0.1) is 12.2 Å². The van der Waals surface area contributed by atoms with Gasteiger partial charge < -0.3 is 4.74 Å². The molecule has 0 N–H and O–H groups in total. The average molecular weight is 260 g/mol. The first-order chi connectivity index (χ1) is 9.08. The van der Waals surface area contributed by atoms with Crippen LogP contribution in [-0.2, 0) is 11.2 Å². The summed E-state index contributed by atoms with van der Waals surface area (Å²) in [5, 5.41) is 0. The van der Waals surface area contributed by atoms with Crippen molar-refractivity contribution in [2.24, 2.45) is 0 Å². The summed E-state index contributed by atoms with van der Waals surface area (Å²) in [6.45, 7) is 5.79. The molecule has 2 rings (SSSR count). The van der Waals surface area contributed by atoms with Crippen LogP contribution in [0.4, 0.5) is 0 Å². The number of pyridine rings is 1. The van der Waals surface area contributed by atoms with Gasteiger partial charge in [0.25, 0.3) is 5.56 Å². The molecular weight excluding hydrogens is 244 g/mol. The summed E-state index contributed by atoms with van der Waals surface area (Å²) in [5.41, 5.74) is 2.18. The summed E-state index contributed by atoms with van der Waals surface area (Å²) >= 11 is 0. The van der Waals surface area contributed by atoms with Crippen molar-refractivity contribution in [1.82, 2.24) is 9.38 Å². The molecular formula is C14H16N2O3. The number of aryl methyl sites for hydroxylation is 1. The van der Waals surface area contributed by atoms with Gasteiger partial charge in [0.15, 0.2) is 0 Å². The molecule has 0 saturated carbocycles. The standard InChI is InChI=1S/C14H16N2O3/c1-4-11-9(3)15-12-8-10(14(18)19-5-2)6-7-16(12)13(11)17/h6-8H,4-5H2,1-3H3. The number of esters is 1. The molecule has 0 saturated heterocycles. The maximum absolute atomic E-state index is 12.2. The largest absolute Gasteiger partial charge is 0.462 e. The highest BCUT2D eigenvalue weighted by Crippen LogP contribution is 2.08. The lowest BCUT2D eigenvalue weighted by atomic mass is 10.2. The van der Waals surface area contributed by atoms with Gasteiger partial charge >= 0.3 is 5.97 Å². The fraction of sp³-hybridized carbons (Fsp3) is 0.357. The minimum Gasteiger partial charge on any atom is -0.462 e. The molecule has 100 valence electrons. The van der Waals surface area contributed by atoms with Crippen LogP contribution in [0.3, 0.4) is 0 Å². The van der Waals surface area contributed by atoms with Crippen molar-refractivity contribution in [3.8, 4) is 0 Å². The topological polar surface area (TPSA) is 60.7 Å². The molecule has 0 bridgehead atoms. The Kier molecular flexibility index (Phi) is 3.64. The lowest BCUT2D eigenvalue weighted by molar-refractivity contribution is 0.0526. The Bertz CT molecular complexity index is 689. The SMILES string of the molecule is CCOC(=O)c1ccn2c(=O)c(CC)c(C)nc2c1. The summed E-state index contributed by atoms with van der Waals surface area (Å²) < 4.78 is 6.38. The second kappa shape index (κ2) is 5.22. The van der Waals surface area contributed by atoms with E-state index in [9.17, 15) is 9.59 Å². The van der Waals surface area contributed by atoms with E-state index in [4.69, 9.17) is 4.74 Å². The number of hydrogen-bond donors (Lipinski definition) is 0. The molecule has 0 amide bonds. The number of ether oxygens (including phenoxy) is 1. The molecule has 19 heavy (non-hydrogen) atoms. The van der Waals surface area contributed by atoms with E-state index >= 15 is 0 Å². The second-order valence-electron chi connectivity index (χ2n) is 4.20. The number of hydrogen-bond acceptors (Lipinski definition) is 4. The first kappa shape index (κ1) is 13.3. The molecule has 5 heteroatoms. The molecule has 0 radical (unpaired) electrons. The molecule has 5 nitrogen and oxygen atoms in total. The molecule has 2 aromatic rings. The normalized spacial score (nSPS) is 10.7. The molecule has 0 fully saturated rings. The van der Waals surface area contributed by atoms with Crippen LogP contribution in [0.5, 0.6) is 0 Å². The van der Waals surface area contributed by atoms with Crippen molar-refractivity contribution >= 4 is 11.6 Å². The van der Waals surface area contributed by atoms with Gasteiger partial charge in [0.1, 0.15) is 5.65 Å². The predicted octanol–water partition coefficient (Wildman–Crippen LogP) is 1.74. The van der Waals surface area contributed by atoms with E-state index in [0.717, 1.165) is 0 Å². The monoisotopic (exact) mass is 260 g/mol. The first-order valence-electron chi connectivity index (χ1n) is 6.27. The smallest absolute Gasteiger partial charge is 0.338 e. The van der Waals surface area contributed by atoms with Gasteiger partial charge in [-0.3, -0.25) is 9.20 Å². The number of carbonyl (C=O) groups is 1. The van der Waals surface area contributed by atoms with Gasteiger partial charge in [-0.15, -0.1) is 0 Å². The highest BCUT2D eigenvalue weighted by atomic mass is 16.5. The molecule has 2 heterocycles. The summed E-state index contributed by atoms with van der Waals surface area (Å²) in [6, 6.07) is 3.15. The van der Waals surface area contributed by atoms with E-state index in [2.05, 4.69) is 4.98 Å². The zero-order valence-corrected chi connectivity index (χ0v) is 11.3. The summed E-state index contributed by atoms with van der Waals surface area (Å²) in [4.78, 5) is 28.2. The highest BCUT2D eigenvalue weighted by molar-refractivity contribution is 5.90. The summed E-state index contributed by atoms with van der Waals surface area (Å²) in [5.74, 6) is -0.406. The van der Waals surface area contributed by atoms with Crippen molar-refractivity contribution in [2.75, 3.05) is 6.61 Å². The maximum Gasteiger partial charge on any atom is 0.338 e. The molecule has 0 spiro atoms. The Hall–Kier alpha value is -2.17. The number of rotatable bonds is 3. The quantitative estimate of drug-likeness (QED) is 0.789. The number of carbonyl (C=O) groups excluding carboxylic acids is 1. The second-order valence-corrected chi connectivity index (χ2v) is 4.20. The molecule has 2 aromatic heterocycles.